The molecule has 0 saturated carbocycles. The summed E-state index contributed by atoms with van der Waals surface area (Å²) in [5.74, 6) is -0.294. The van der Waals surface area contributed by atoms with Crippen molar-refractivity contribution in [3.8, 4) is 0 Å². The summed E-state index contributed by atoms with van der Waals surface area (Å²) in [5.41, 5.74) is 1.07. The number of benzene rings is 1. The van der Waals surface area contributed by atoms with Gasteiger partial charge in [0.15, 0.2) is 0 Å². The molecule has 2 aromatic rings. The molecule has 1 amide bonds. The number of nitrogens with one attached hydrogen (secondary N) is 2. The Hall–Kier alpha value is -1.74. The minimum Gasteiger partial charge on any atom is -0.383 e. The van der Waals surface area contributed by atoms with Crippen LogP contribution in [0, 0.1) is 13.8 Å². The van der Waals surface area contributed by atoms with E-state index >= 15 is 0 Å². The molecule has 0 radical (unpaired) electrons. The van der Waals surface area contributed by atoms with Crippen LogP contribution in [0.3, 0.4) is 0 Å². The van der Waals surface area contributed by atoms with Crippen LogP contribution < -0.4 is 10.0 Å². The molecule has 2 N–H and O–H groups in total. The van der Waals surface area contributed by atoms with Gasteiger partial charge in [-0.1, -0.05) is 6.07 Å². The normalized spacial score (nSPS) is 11.5. The highest BCUT2D eigenvalue weighted by Gasteiger charge is 2.17. The number of sulfonamides is 1. The number of thiophene rings is 1. The Morgan fingerprint density at radius 3 is 2.60 bits per heavy atom. The Balaban J connectivity index is 2.13. The fourth-order valence-corrected chi connectivity index (χ4v) is 4.09. The average Bonchev–Trinajstić information content (AvgIpc) is 2.98. The third-order valence-corrected chi connectivity index (χ3v) is 6.04. The average molecular weight is 383 g/mol. The van der Waals surface area contributed by atoms with Crippen molar-refractivity contribution in [2.24, 2.45) is 0 Å². The lowest BCUT2D eigenvalue weighted by Gasteiger charge is -2.11. The molecular formula is C17H22N2O4S2. The third-order valence-electron chi connectivity index (χ3n) is 3.58. The second-order valence-electron chi connectivity index (χ2n) is 5.56. The maximum absolute atomic E-state index is 12.4. The molecule has 0 bridgehead atoms. The summed E-state index contributed by atoms with van der Waals surface area (Å²) < 4.78 is 31.8. The van der Waals surface area contributed by atoms with Crippen LogP contribution in [0.1, 0.15) is 25.7 Å². The van der Waals surface area contributed by atoms with Gasteiger partial charge < -0.3 is 10.1 Å². The molecule has 0 saturated heterocycles. The second-order valence-corrected chi connectivity index (χ2v) is 8.70. The highest BCUT2D eigenvalue weighted by Crippen LogP contribution is 2.17. The lowest BCUT2D eigenvalue weighted by atomic mass is 10.1. The van der Waals surface area contributed by atoms with Crippen molar-refractivity contribution in [2.75, 3.05) is 20.3 Å². The van der Waals surface area contributed by atoms with Crippen LogP contribution in [0.15, 0.2) is 35.2 Å². The molecule has 25 heavy (non-hydrogen) atoms. The van der Waals surface area contributed by atoms with Crippen LogP contribution >= 0.6 is 11.3 Å². The summed E-state index contributed by atoms with van der Waals surface area (Å²) in [6, 6.07) is 8.49. The van der Waals surface area contributed by atoms with Crippen LogP contribution in [0.2, 0.25) is 0 Å². The van der Waals surface area contributed by atoms with Gasteiger partial charge in [-0.25, -0.2) is 13.1 Å². The largest absolute Gasteiger partial charge is 0.383 e. The van der Waals surface area contributed by atoms with Gasteiger partial charge in [-0.15, -0.1) is 11.3 Å². The van der Waals surface area contributed by atoms with E-state index in [9.17, 15) is 13.2 Å². The zero-order chi connectivity index (χ0) is 18.4. The van der Waals surface area contributed by atoms with Gasteiger partial charge in [0.2, 0.25) is 10.0 Å². The minimum absolute atomic E-state index is 0.0614. The molecule has 2 rings (SSSR count). The zero-order valence-corrected chi connectivity index (χ0v) is 16.1. The van der Waals surface area contributed by atoms with E-state index in [1.165, 1.54) is 24.1 Å². The Bertz CT molecular complexity index is 844. The van der Waals surface area contributed by atoms with Crippen molar-refractivity contribution < 1.29 is 17.9 Å². The number of hydrogen-bond donors (Lipinski definition) is 2. The van der Waals surface area contributed by atoms with Crippen LogP contribution in [-0.2, 0) is 21.3 Å². The zero-order valence-electron chi connectivity index (χ0n) is 14.5. The van der Waals surface area contributed by atoms with E-state index in [0.29, 0.717) is 12.1 Å². The van der Waals surface area contributed by atoms with Crippen LogP contribution in [0.5, 0.6) is 0 Å². The van der Waals surface area contributed by atoms with Crippen LogP contribution in [-0.4, -0.2) is 34.6 Å². The highest BCUT2D eigenvalue weighted by molar-refractivity contribution is 7.89. The van der Waals surface area contributed by atoms with Crippen molar-refractivity contribution in [3.05, 3.63) is 51.2 Å². The molecule has 136 valence electrons. The lowest BCUT2D eigenvalue weighted by Crippen LogP contribution is -2.28. The second kappa shape index (κ2) is 8.57. The number of hydrogen-bond acceptors (Lipinski definition) is 5. The molecule has 6 nitrogen and oxygen atoms in total. The monoisotopic (exact) mass is 382 g/mol. The topological polar surface area (TPSA) is 84.5 Å². The fourth-order valence-electron chi connectivity index (χ4n) is 2.22. The first kappa shape index (κ1) is 19.6. The number of methoxy groups -OCH3 is 1. The number of ether oxygens (including phenoxy) is 1. The van der Waals surface area contributed by atoms with Crippen molar-refractivity contribution in [3.63, 3.8) is 0 Å². The van der Waals surface area contributed by atoms with Gasteiger partial charge in [0.1, 0.15) is 0 Å². The van der Waals surface area contributed by atoms with E-state index in [1.54, 1.807) is 24.3 Å². The maximum atomic E-state index is 12.4. The Morgan fingerprint density at radius 1 is 1.20 bits per heavy atom. The van der Waals surface area contributed by atoms with Crippen molar-refractivity contribution >= 4 is 27.3 Å². The highest BCUT2D eigenvalue weighted by atomic mass is 32.2. The first-order valence-electron chi connectivity index (χ1n) is 7.76. The first-order valence-corrected chi connectivity index (χ1v) is 10.1. The summed E-state index contributed by atoms with van der Waals surface area (Å²) in [7, 11) is -2.18. The Kier molecular flexibility index (Phi) is 6.71. The Labute approximate surface area is 152 Å². The molecule has 1 heterocycles. The van der Waals surface area contributed by atoms with E-state index in [2.05, 4.69) is 10.0 Å². The molecule has 0 fully saturated rings. The Morgan fingerprint density at radius 2 is 1.96 bits per heavy atom. The van der Waals surface area contributed by atoms with Crippen molar-refractivity contribution in [2.45, 2.75) is 25.3 Å². The van der Waals surface area contributed by atoms with Crippen LogP contribution in [0.4, 0.5) is 0 Å². The van der Waals surface area contributed by atoms with Gasteiger partial charge >= 0.3 is 0 Å². The number of carbonyl (C=O) groups excluding carboxylic acids is 1. The van der Waals surface area contributed by atoms with E-state index in [-0.39, 0.29) is 24.0 Å². The van der Waals surface area contributed by atoms with Gasteiger partial charge in [-0.05, 0) is 43.7 Å². The maximum Gasteiger partial charge on any atom is 0.251 e. The molecule has 8 heteroatoms. The third kappa shape index (κ3) is 5.37. The van der Waals surface area contributed by atoms with Gasteiger partial charge in [0, 0.05) is 29.0 Å². The molecular weight excluding hydrogens is 360 g/mol. The molecule has 1 aromatic heterocycles. The SMILES string of the molecule is COCCNS(=O)(=O)c1ccc(C)c(C(=O)NCc2ccc(C)s2)c1. The molecule has 0 spiro atoms. The summed E-state index contributed by atoms with van der Waals surface area (Å²) in [5, 5.41) is 2.84. The van der Waals surface area contributed by atoms with E-state index in [4.69, 9.17) is 4.74 Å². The first-order chi connectivity index (χ1) is 11.8. The van der Waals surface area contributed by atoms with Crippen molar-refractivity contribution in [1.29, 1.82) is 0 Å². The van der Waals surface area contributed by atoms with Gasteiger partial charge in [-0.2, -0.15) is 0 Å². The summed E-state index contributed by atoms with van der Waals surface area (Å²) >= 11 is 1.62. The quantitative estimate of drug-likeness (QED) is 0.686. The summed E-state index contributed by atoms with van der Waals surface area (Å²) in [4.78, 5) is 14.7. The van der Waals surface area contributed by atoms with Gasteiger partial charge in [0.25, 0.3) is 5.91 Å². The number of aryl methyl sites for hydroxylation is 2. The van der Waals surface area contributed by atoms with Crippen LogP contribution in [0.25, 0.3) is 0 Å². The fraction of sp³-hybridized carbons (Fsp3) is 0.353. The van der Waals surface area contributed by atoms with E-state index in [1.807, 2.05) is 19.1 Å². The predicted molar refractivity (Wildman–Crippen MR) is 98.5 cm³/mol. The number of carbonyl (C=O) groups is 1. The van der Waals surface area contributed by atoms with Crippen molar-refractivity contribution in [1.82, 2.24) is 10.0 Å². The molecule has 0 atom stereocenters. The molecule has 0 unspecified atom stereocenters. The summed E-state index contributed by atoms with van der Waals surface area (Å²) in [6.45, 7) is 4.65. The molecule has 0 aliphatic heterocycles. The lowest BCUT2D eigenvalue weighted by molar-refractivity contribution is 0.0950. The van der Waals surface area contributed by atoms with Gasteiger partial charge in [-0.3, -0.25) is 4.79 Å². The minimum atomic E-state index is -3.68. The molecule has 0 aliphatic carbocycles. The van der Waals surface area contributed by atoms with E-state index in [0.717, 1.165) is 10.4 Å². The smallest absolute Gasteiger partial charge is 0.251 e. The predicted octanol–water partition coefficient (Wildman–Crippen LogP) is 2.22. The molecule has 0 aliphatic rings. The van der Waals surface area contributed by atoms with Gasteiger partial charge in [0.05, 0.1) is 18.0 Å². The number of rotatable bonds is 8. The number of amides is 1. The standard InChI is InChI=1S/C17H22N2O4S2/c1-12-4-7-15(25(21,22)19-8-9-23-3)10-16(12)17(20)18-11-14-6-5-13(2)24-14/h4-7,10,19H,8-9,11H2,1-3H3,(H,18,20). The van der Waals surface area contributed by atoms with E-state index < -0.39 is 10.0 Å². The summed E-state index contributed by atoms with van der Waals surface area (Å²) in [6.07, 6.45) is 0. The molecule has 1 aromatic carbocycles.